The minimum Gasteiger partial charge on any atom is -0.476 e. The minimum atomic E-state index is -1.72. The van der Waals surface area contributed by atoms with Crippen molar-refractivity contribution >= 4 is 20.9 Å². The van der Waals surface area contributed by atoms with Gasteiger partial charge in [0.1, 0.15) is 6.61 Å². The second kappa shape index (κ2) is 8.71. The maximum atomic E-state index is 6.12. The van der Waals surface area contributed by atoms with Crippen LogP contribution in [0.15, 0.2) is 6.20 Å². The summed E-state index contributed by atoms with van der Waals surface area (Å²) >= 11 is 0. The third-order valence-electron chi connectivity index (χ3n) is 6.38. The van der Waals surface area contributed by atoms with Crippen molar-refractivity contribution in [2.24, 2.45) is 7.05 Å². The zero-order chi connectivity index (χ0) is 22.1. The zero-order valence-electron chi connectivity index (χ0n) is 19.9. The standard InChI is InChI=1S/C20H39BN2O5Si/c1-18(2,3)29(9,10)26-14-12-24-11-13-25-17-16(15-22-23(17)8)21-27-19(4,5)20(6,7)28-21/h15H,11-14H2,1-10H3. The van der Waals surface area contributed by atoms with E-state index in [1.165, 1.54) is 0 Å². The second-order valence-corrected chi connectivity index (χ2v) is 15.0. The molecule has 1 fully saturated rings. The molecule has 1 aliphatic heterocycles. The molecular weight excluding hydrogens is 387 g/mol. The Balaban J connectivity index is 1.79. The number of rotatable bonds is 9. The molecule has 0 unspecified atom stereocenters. The monoisotopic (exact) mass is 426 g/mol. The largest absolute Gasteiger partial charge is 0.502 e. The molecule has 0 radical (unpaired) electrons. The van der Waals surface area contributed by atoms with Crippen molar-refractivity contribution in [2.45, 2.75) is 77.8 Å². The van der Waals surface area contributed by atoms with Gasteiger partial charge in [0.05, 0.1) is 42.7 Å². The number of hydrogen-bond donors (Lipinski definition) is 0. The summed E-state index contributed by atoms with van der Waals surface area (Å²) in [6.45, 7) is 21.4. The highest BCUT2D eigenvalue weighted by molar-refractivity contribution is 6.74. The van der Waals surface area contributed by atoms with Gasteiger partial charge < -0.3 is 23.2 Å². The van der Waals surface area contributed by atoms with Crippen LogP contribution in [-0.4, -0.2) is 62.8 Å². The lowest BCUT2D eigenvalue weighted by molar-refractivity contribution is 0.00578. The molecule has 1 aromatic rings. The fraction of sp³-hybridized carbons (Fsp3) is 0.850. The molecule has 9 heteroatoms. The van der Waals surface area contributed by atoms with E-state index in [1.807, 2.05) is 34.7 Å². The van der Waals surface area contributed by atoms with Crippen molar-refractivity contribution in [1.82, 2.24) is 9.78 Å². The predicted molar refractivity (Wildman–Crippen MR) is 118 cm³/mol. The molecule has 0 atom stereocenters. The molecule has 0 spiro atoms. The Bertz CT molecular complexity index is 669. The average molecular weight is 426 g/mol. The molecule has 0 saturated carbocycles. The number of aryl methyl sites for hydroxylation is 1. The molecule has 1 aromatic heterocycles. The molecule has 2 heterocycles. The van der Waals surface area contributed by atoms with Gasteiger partial charge in [-0.25, -0.2) is 4.68 Å². The van der Waals surface area contributed by atoms with Gasteiger partial charge >= 0.3 is 7.12 Å². The van der Waals surface area contributed by atoms with E-state index in [4.69, 9.17) is 23.2 Å². The van der Waals surface area contributed by atoms with Crippen molar-refractivity contribution in [2.75, 3.05) is 26.4 Å². The zero-order valence-corrected chi connectivity index (χ0v) is 20.9. The number of nitrogens with zero attached hydrogens (tertiary/aromatic N) is 2. The van der Waals surface area contributed by atoms with Gasteiger partial charge in [0.15, 0.2) is 8.32 Å². The molecule has 0 aliphatic carbocycles. The van der Waals surface area contributed by atoms with Gasteiger partial charge in [-0.05, 0) is 45.8 Å². The van der Waals surface area contributed by atoms with Crippen LogP contribution in [0.25, 0.3) is 0 Å². The molecule has 0 N–H and O–H groups in total. The highest BCUT2D eigenvalue weighted by Crippen LogP contribution is 2.37. The topological polar surface area (TPSA) is 64.0 Å². The molecule has 0 aromatic carbocycles. The summed E-state index contributed by atoms with van der Waals surface area (Å²) in [5.41, 5.74) is -0.0109. The first-order valence-corrected chi connectivity index (χ1v) is 13.3. The van der Waals surface area contributed by atoms with E-state index < -0.39 is 26.6 Å². The molecule has 166 valence electrons. The van der Waals surface area contributed by atoms with Gasteiger partial charge in [0, 0.05) is 7.05 Å². The first-order chi connectivity index (χ1) is 13.2. The van der Waals surface area contributed by atoms with E-state index in [1.54, 1.807) is 10.9 Å². The third kappa shape index (κ3) is 5.64. The minimum absolute atomic E-state index is 0.208. The highest BCUT2D eigenvalue weighted by atomic mass is 28.4. The van der Waals surface area contributed by atoms with Crippen molar-refractivity contribution < 1.29 is 23.2 Å². The summed E-state index contributed by atoms with van der Waals surface area (Å²) in [5.74, 6) is 0.643. The van der Waals surface area contributed by atoms with Crippen molar-refractivity contribution in [1.29, 1.82) is 0 Å². The first kappa shape index (κ1) is 24.4. The maximum Gasteiger partial charge on any atom is 0.502 e. The van der Waals surface area contributed by atoms with Crippen LogP contribution in [0, 0.1) is 0 Å². The van der Waals surface area contributed by atoms with E-state index in [9.17, 15) is 0 Å². The summed E-state index contributed by atoms with van der Waals surface area (Å²) < 4.78 is 31.7. The Morgan fingerprint density at radius 3 is 2.14 bits per heavy atom. The Morgan fingerprint density at radius 1 is 1.03 bits per heavy atom. The lowest BCUT2D eigenvalue weighted by Crippen LogP contribution is -2.41. The van der Waals surface area contributed by atoms with Crippen LogP contribution < -0.4 is 10.2 Å². The summed E-state index contributed by atoms with van der Waals surface area (Å²) in [4.78, 5) is 0. The molecule has 0 bridgehead atoms. The fourth-order valence-corrected chi connectivity index (χ4v) is 3.65. The van der Waals surface area contributed by atoms with Crippen molar-refractivity contribution in [3.05, 3.63) is 6.20 Å². The van der Waals surface area contributed by atoms with E-state index in [2.05, 4.69) is 39.0 Å². The second-order valence-electron chi connectivity index (χ2n) is 10.2. The van der Waals surface area contributed by atoms with Gasteiger partial charge in [-0.15, -0.1) is 0 Å². The Kier molecular flexibility index (Phi) is 7.33. The van der Waals surface area contributed by atoms with Crippen LogP contribution in [0.5, 0.6) is 5.88 Å². The van der Waals surface area contributed by atoms with Crippen LogP contribution in [0.3, 0.4) is 0 Å². The summed E-state index contributed by atoms with van der Waals surface area (Å²) in [6, 6.07) is 0. The van der Waals surface area contributed by atoms with E-state index in [-0.39, 0.29) is 5.04 Å². The first-order valence-electron chi connectivity index (χ1n) is 10.4. The molecular formula is C20H39BN2O5Si. The maximum absolute atomic E-state index is 6.12. The Labute approximate surface area is 177 Å². The summed E-state index contributed by atoms with van der Waals surface area (Å²) in [5, 5.41) is 4.52. The molecule has 7 nitrogen and oxygen atoms in total. The van der Waals surface area contributed by atoms with E-state index in [0.717, 1.165) is 5.46 Å². The van der Waals surface area contributed by atoms with Crippen LogP contribution in [0.4, 0.5) is 0 Å². The molecule has 0 amide bonds. The highest BCUT2D eigenvalue weighted by Gasteiger charge is 2.53. The number of ether oxygens (including phenoxy) is 2. The van der Waals surface area contributed by atoms with Crippen LogP contribution >= 0.6 is 0 Å². The van der Waals surface area contributed by atoms with Gasteiger partial charge in [0.25, 0.3) is 0 Å². The normalized spacial score (nSPS) is 19.0. The molecule has 2 rings (SSSR count). The lowest BCUT2D eigenvalue weighted by atomic mass is 9.81. The van der Waals surface area contributed by atoms with Gasteiger partial charge in [0.2, 0.25) is 5.88 Å². The smallest absolute Gasteiger partial charge is 0.476 e. The predicted octanol–water partition coefficient (Wildman–Crippen LogP) is 3.14. The fourth-order valence-electron chi connectivity index (χ4n) is 2.62. The Morgan fingerprint density at radius 2 is 1.59 bits per heavy atom. The summed E-state index contributed by atoms with van der Waals surface area (Å²) in [6.07, 6.45) is 1.74. The van der Waals surface area contributed by atoms with Crippen molar-refractivity contribution in [3.63, 3.8) is 0 Å². The molecule has 1 aliphatic rings. The number of hydrogen-bond acceptors (Lipinski definition) is 6. The molecule has 29 heavy (non-hydrogen) atoms. The quantitative estimate of drug-likeness (QED) is 0.447. The van der Waals surface area contributed by atoms with Crippen molar-refractivity contribution in [3.8, 4) is 5.88 Å². The Hall–Kier alpha value is -0.868. The van der Waals surface area contributed by atoms with Gasteiger partial charge in [-0.2, -0.15) is 5.10 Å². The summed E-state index contributed by atoms with van der Waals surface area (Å²) in [7, 11) is -0.374. The third-order valence-corrected chi connectivity index (χ3v) is 10.9. The lowest BCUT2D eigenvalue weighted by Gasteiger charge is -2.36. The van der Waals surface area contributed by atoms with Gasteiger partial charge in [-0.3, -0.25) is 0 Å². The number of aromatic nitrogens is 2. The van der Waals surface area contributed by atoms with Crippen LogP contribution in [0.1, 0.15) is 48.5 Å². The van der Waals surface area contributed by atoms with Crippen LogP contribution in [-0.2, 0) is 25.5 Å². The molecule has 1 saturated heterocycles. The average Bonchev–Trinajstić information content (AvgIpc) is 3.02. The van der Waals surface area contributed by atoms with Crippen LogP contribution in [0.2, 0.25) is 18.1 Å². The van der Waals surface area contributed by atoms with E-state index >= 15 is 0 Å². The van der Waals surface area contributed by atoms with Gasteiger partial charge in [-0.1, -0.05) is 20.8 Å². The SMILES string of the molecule is Cn1ncc(B2OC(C)(C)C(C)(C)O2)c1OCCOCCO[Si](C)(C)C(C)(C)C. The van der Waals surface area contributed by atoms with E-state index in [0.29, 0.717) is 32.3 Å².